The smallest absolute Gasteiger partial charge is 0.194 e. The maximum Gasteiger partial charge on any atom is 0.194 e. The molecule has 0 amide bonds. The fourth-order valence-electron chi connectivity index (χ4n) is 3.78. The lowest BCUT2D eigenvalue weighted by Gasteiger charge is -2.34. The molecule has 1 aromatic carbocycles. The van der Waals surface area contributed by atoms with Crippen LogP contribution in [0, 0.1) is 0 Å². The van der Waals surface area contributed by atoms with Gasteiger partial charge in [-0.2, -0.15) is 0 Å². The summed E-state index contributed by atoms with van der Waals surface area (Å²) in [6.07, 6.45) is 14.8. The van der Waals surface area contributed by atoms with Crippen LogP contribution in [0.2, 0.25) is 0 Å². The zero-order valence-corrected chi connectivity index (χ0v) is 15.7. The van der Waals surface area contributed by atoms with Gasteiger partial charge in [-0.05, 0) is 49.8 Å². The molecule has 0 aromatic heterocycles. The Labute approximate surface area is 151 Å². The Bertz CT molecular complexity index is 723. The number of Topliss-reactive ketones (excluding diaryl/α,β-unsaturated/α-hetero) is 1. The van der Waals surface area contributed by atoms with Crippen LogP contribution in [-0.4, -0.2) is 16.2 Å². The summed E-state index contributed by atoms with van der Waals surface area (Å²) >= 11 is 0. The molecule has 0 bridgehead atoms. The topological polar surface area (TPSA) is 20.3 Å². The van der Waals surface area contributed by atoms with Gasteiger partial charge in [0, 0.05) is 17.5 Å². The van der Waals surface area contributed by atoms with Crippen LogP contribution in [0.15, 0.2) is 54.4 Å². The minimum atomic E-state index is -0.561. The molecular formula is C23H29NO. The summed E-state index contributed by atoms with van der Waals surface area (Å²) in [5.74, 6) is 0.223. The summed E-state index contributed by atoms with van der Waals surface area (Å²) in [5.41, 5.74) is 3.95. The first-order chi connectivity index (χ1) is 12.1. The number of benzene rings is 1. The Kier molecular flexibility index (Phi) is 5.27. The third-order valence-corrected chi connectivity index (χ3v) is 5.36. The molecule has 0 aliphatic carbocycles. The van der Waals surface area contributed by atoms with E-state index in [4.69, 9.17) is 0 Å². The molecule has 132 valence electrons. The highest BCUT2D eigenvalue weighted by atomic mass is 16.1. The third kappa shape index (κ3) is 3.22. The summed E-state index contributed by atoms with van der Waals surface area (Å²) < 4.78 is 0. The zero-order valence-electron chi connectivity index (χ0n) is 15.7. The molecule has 2 heterocycles. The Morgan fingerprint density at radius 1 is 0.960 bits per heavy atom. The number of unbranched alkanes of at least 4 members (excludes halogenated alkanes) is 2. The fourth-order valence-corrected chi connectivity index (χ4v) is 3.78. The molecule has 3 rings (SSSR count). The van der Waals surface area contributed by atoms with Crippen LogP contribution in [0.3, 0.4) is 0 Å². The van der Waals surface area contributed by atoms with E-state index in [0.717, 1.165) is 36.8 Å². The molecule has 0 saturated carbocycles. The van der Waals surface area contributed by atoms with Crippen LogP contribution in [0.5, 0.6) is 0 Å². The molecule has 0 spiro atoms. The van der Waals surface area contributed by atoms with Gasteiger partial charge in [-0.25, -0.2) is 0 Å². The summed E-state index contributed by atoms with van der Waals surface area (Å²) in [6, 6.07) is 8.65. The Hall–Kier alpha value is -2.09. The van der Waals surface area contributed by atoms with Crippen molar-refractivity contribution in [2.75, 3.05) is 0 Å². The number of hydrogen-bond donors (Lipinski definition) is 0. The molecule has 25 heavy (non-hydrogen) atoms. The van der Waals surface area contributed by atoms with E-state index in [1.165, 1.54) is 24.1 Å². The number of nitrogens with zero attached hydrogens (tertiary/aromatic N) is 1. The van der Waals surface area contributed by atoms with Gasteiger partial charge in [0.15, 0.2) is 5.78 Å². The second kappa shape index (κ2) is 7.43. The van der Waals surface area contributed by atoms with E-state index in [1.54, 1.807) is 0 Å². The molecule has 0 N–H and O–H groups in total. The first-order valence-corrected chi connectivity index (χ1v) is 9.64. The summed E-state index contributed by atoms with van der Waals surface area (Å²) in [5, 5.41) is 0. The van der Waals surface area contributed by atoms with E-state index in [2.05, 4.69) is 49.2 Å². The van der Waals surface area contributed by atoms with Gasteiger partial charge in [-0.1, -0.05) is 63.1 Å². The summed E-state index contributed by atoms with van der Waals surface area (Å²) in [7, 11) is 0. The lowest BCUT2D eigenvalue weighted by molar-refractivity contribution is -0.118. The van der Waals surface area contributed by atoms with Crippen LogP contribution in [-0.2, 0) is 11.2 Å². The van der Waals surface area contributed by atoms with Crippen LogP contribution in [0.4, 0.5) is 0 Å². The number of rotatable bonds is 7. The van der Waals surface area contributed by atoms with Gasteiger partial charge in [0.25, 0.3) is 0 Å². The molecule has 0 radical (unpaired) electrons. The number of aryl methyl sites for hydroxylation is 1. The number of carbonyl (C=O) groups excluding carboxylic acids is 1. The maximum absolute atomic E-state index is 13.3. The summed E-state index contributed by atoms with van der Waals surface area (Å²) in [4.78, 5) is 15.5. The summed E-state index contributed by atoms with van der Waals surface area (Å²) in [6.45, 7) is 6.45. The van der Waals surface area contributed by atoms with E-state index in [0.29, 0.717) is 0 Å². The number of hydrogen-bond acceptors (Lipinski definition) is 2. The lowest BCUT2D eigenvalue weighted by Crippen LogP contribution is -2.43. The molecule has 1 unspecified atom stereocenters. The quantitative estimate of drug-likeness (QED) is 0.641. The molecule has 2 nitrogen and oxygen atoms in total. The van der Waals surface area contributed by atoms with E-state index >= 15 is 0 Å². The van der Waals surface area contributed by atoms with Crippen molar-refractivity contribution >= 4 is 11.4 Å². The lowest BCUT2D eigenvalue weighted by atomic mass is 9.89. The van der Waals surface area contributed by atoms with Crippen LogP contribution >= 0.6 is 0 Å². The van der Waals surface area contributed by atoms with Crippen molar-refractivity contribution in [2.24, 2.45) is 0 Å². The van der Waals surface area contributed by atoms with E-state index in [9.17, 15) is 4.79 Å². The molecule has 1 atom stereocenters. The number of allylic oxidation sites excluding steroid dienone is 3. The monoisotopic (exact) mass is 335 g/mol. The SMILES string of the molecule is CCCCC1=C(c2ccc(CCCC)cc2)C(=O)C2(C)C=CC=CN12. The minimum absolute atomic E-state index is 0.223. The average Bonchev–Trinajstić information content (AvgIpc) is 2.86. The zero-order chi connectivity index (χ0) is 17.9. The van der Waals surface area contributed by atoms with Crippen molar-refractivity contribution < 1.29 is 4.79 Å². The molecular weight excluding hydrogens is 306 g/mol. The van der Waals surface area contributed by atoms with Crippen molar-refractivity contribution in [2.45, 2.75) is 64.8 Å². The highest BCUT2D eigenvalue weighted by molar-refractivity contribution is 6.29. The highest BCUT2D eigenvalue weighted by Gasteiger charge is 2.47. The predicted molar refractivity (Wildman–Crippen MR) is 105 cm³/mol. The van der Waals surface area contributed by atoms with Gasteiger partial charge in [0.1, 0.15) is 5.54 Å². The van der Waals surface area contributed by atoms with E-state index in [1.807, 2.05) is 25.2 Å². The maximum atomic E-state index is 13.3. The largest absolute Gasteiger partial charge is 0.334 e. The molecule has 2 aliphatic heterocycles. The highest BCUT2D eigenvalue weighted by Crippen LogP contribution is 2.43. The van der Waals surface area contributed by atoms with E-state index < -0.39 is 5.54 Å². The average molecular weight is 335 g/mol. The van der Waals surface area contributed by atoms with Crippen LogP contribution in [0.1, 0.15) is 64.0 Å². The van der Waals surface area contributed by atoms with Gasteiger partial charge in [-0.3, -0.25) is 4.79 Å². The Morgan fingerprint density at radius 3 is 2.32 bits per heavy atom. The van der Waals surface area contributed by atoms with Crippen molar-refractivity contribution in [1.29, 1.82) is 0 Å². The van der Waals surface area contributed by atoms with Crippen LogP contribution in [0.25, 0.3) is 5.57 Å². The van der Waals surface area contributed by atoms with Crippen LogP contribution < -0.4 is 0 Å². The second-order valence-electron chi connectivity index (χ2n) is 7.27. The van der Waals surface area contributed by atoms with Gasteiger partial charge < -0.3 is 4.90 Å². The van der Waals surface area contributed by atoms with Gasteiger partial charge in [0.2, 0.25) is 0 Å². The first kappa shape index (κ1) is 17.7. The second-order valence-corrected chi connectivity index (χ2v) is 7.27. The minimum Gasteiger partial charge on any atom is -0.334 e. The van der Waals surface area contributed by atoms with Crippen molar-refractivity contribution in [3.63, 3.8) is 0 Å². The Morgan fingerprint density at radius 2 is 1.64 bits per heavy atom. The van der Waals surface area contributed by atoms with E-state index in [-0.39, 0.29) is 5.78 Å². The number of fused-ring (bicyclic) bond motifs is 1. The number of ketones is 1. The Balaban J connectivity index is 1.99. The number of carbonyl (C=O) groups is 1. The normalized spacial score (nSPS) is 22.0. The standard InChI is InChI=1S/C23H29NO/c1-4-6-10-18-12-14-19(15-13-18)21-20(11-7-5-2)24-17-9-8-16-23(24,3)22(21)25/h8-9,12-17H,4-7,10-11H2,1-3H3. The fraction of sp³-hybridized carbons (Fsp3) is 0.435. The molecule has 2 aliphatic rings. The van der Waals surface area contributed by atoms with Gasteiger partial charge in [0.05, 0.1) is 0 Å². The van der Waals surface area contributed by atoms with Crippen molar-refractivity contribution in [1.82, 2.24) is 4.90 Å². The first-order valence-electron chi connectivity index (χ1n) is 9.64. The molecule has 1 aromatic rings. The molecule has 0 fully saturated rings. The predicted octanol–water partition coefficient (Wildman–Crippen LogP) is 5.66. The van der Waals surface area contributed by atoms with Gasteiger partial charge >= 0.3 is 0 Å². The third-order valence-electron chi connectivity index (χ3n) is 5.36. The van der Waals surface area contributed by atoms with Crippen molar-refractivity contribution in [3.8, 4) is 0 Å². The van der Waals surface area contributed by atoms with Gasteiger partial charge in [-0.15, -0.1) is 0 Å². The van der Waals surface area contributed by atoms with Crippen molar-refractivity contribution in [3.05, 3.63) is 65.5 Å². The molecule has 2 heteroatoms. The molecule has 0 saturated heterocycles.